The first-order valence-electron chi connectivity index (χ1n) is 8.63. The van der Waals surface area contributed by atoms with E-state index < -0.39 is 0 Å². The molecule has 0 saturated carbocycles. The Bertz CT molecular complexity index is 1140. The molecule has 5 nitrogen and oxygen atoms in total. The van der Waals surface area contributed by atoms with E-state index in [2.05, 4.69) is 4.98 Å². The van der Waals surface area contributed by atoms with Crippen LogP contribution in [0.1, 0.15) is 11.3 Å². The highest BCUT2D eigenvalue weighted by Gasteiger charge is 2.05. The Labute approximate surface area is 156 Å². The number of fused-ring (bicyclic) bond motifs is 1. The van der Waals surface area contributed by atoms with Crippen molar-refractivity contribution in [3.63, 3.8) is 0 Å². The smallest absolute Gasteiger partial charge is 0.258 e. The van der Waals surface area contributed by atoms with Crippen molar-refractivity contribution in [3.05, 3.63) is 101 Å². The van der Waals surface area contributed by atoms with Crippen molar-refractivity contribution in [1.82, 2.24) is 9.55 Å². The summed E-state index contributed by atoms with van der Waals surface area (Å²) in [6.07, 6.45) is 1.71. The Morgan fingerprint density at radius 1 is 0.963 bits per heavy atom. The summed E-state index contributed by atoms with van der Waals surface area (Å²) in [5.41, 5.74) is 3.03. The molecule has 4 aromatic rings. The van der Waals surface area contributed by atoms with Gasteiger partial charge in [-0.1, -0.05) is 36.4 Å². The molecule has 0 bridgehead atoms. The first-order valence-corrected chi connectivity index (χ1v) is 8.63. The Hall–Kier alpha value is -3.44. The van der Waals surface area contributed by atoms with Crippen molar-refractivity contribution in [3.8, 4) is 11.4 Å². The first kappa shape index (κ1) is 17.0. The van der Waals surface area contributed by atoms with Crippen LogP contribution in [0.15, 0.2) is 83.8 Å². The number of hydrogen-bond acceptors (Lipinski definition) is 4. The van der Waals surface area contributed by atoms with E-state index in [0.29, 0.717) is 18.1 Å². The van der Waals surface area contributed by atoms with Crippen LogP contribution >= 0.6 is 0 Å². The maximum absolute atomic E-state index is 12.5. The number of aromatic nitrogens is 2. The molecule has 0 unspecified atom stereocenters. The lowest BCUT2D eigenvalue weighted by Crippen LogP contribution is -2.16. The van der Waals surface area contributed by atoms with Crippen LogP contribution in [0.2, 0.25) is 0 Å². The van der Waals surface area contributed by atoms with E-state index in [0.717, 1.165) is 22.2 Å². The lowest BCUT2D eigenvalue weighted by Gasteiger charge is -2.10. The van der Waals surface area contributed by atoms with Crippen LogP contribution < -0.4 is 10.3 Å². The van der Waals surface area contributed by atoms with Gasteiger partial charge in [-0.05, 0) is 35.9 Å². The lowest BCUT2D eigenvalue weighted by molar-refractivity contribution is 0.277. The van der Waals surface area contributed by atoms with Crippen LogP contribution in [0.4, 0.5) is 0 Å². The number of ether oxygens (including phenoxy) is 1. The maximum atomic E-state index is 12.5. The standard InChI is InChI=1S/C22H18N2O3/c25-14-18-7-6-17-12-19(8-9-21(17)23-18)24-11-10-20(13-22(24)26)27-15-16-4-2-1-3-5-16/h1-13,25H,14-15H2. The second kappa shape index (κ2) is 7.43. The predicted octanol–water partition coefficient (Wildman–Crippen LogP) is 3.46. The Morgan fingerprint density at radius 3 is 2.59 bits per heavy atom. The van der Waals surface area contributed by atoms with Crippen molar-refractivity contribution >= 4 is 10.9 Å². The largest absolute Gasteiger partial charge is 0.489 e. The molecule has 0 atom stereocenters. The van der Waals surface area contributed by atoms with Crippen molar-refractivity contribution in [1.29, 1.82) is 0 Å². The fourth-order valence-corrected chi connectivity index (χ4v) is 2.90. The van der Waals surface area contributed by atoms with E-state index in [4.69, 9.17) is 4.74 Å². The minimum Gasteiger partial charge on any atom is -0.489 e. The van der Waals surface area contributed by atoms with Gasteiger partial charge < -0.3 is 9.84 Å². The topological polar surface area (TPSA) is 64.4 Å². The van der Waals surface area contributed by atoms with Gasteiger partial charge in [0.05, 0.1) is 17.8 Å². The summed E-state index contributed by atoms with van der Waals surface area (Å²) in [6.45, 7) is 0.320. The average Bonchev–Trinajstić information content (AvgIpc) is 2.72. The Morgan fingerprint density at radius 2 is 1.81 bits per heavy atom. The van der Waals surface area contributed by atoms with Gasteiger partial charge >= 0.3 is 0 Å². The van der Waals surface area contributed by atoms with Crippen LogP contribution in [0, 0.1) is 0 Å². The van der Waals surface area contributed by atoms with Crippen LogP contribution in [-0.2, 0) is 13.2 Å². The zero-order valence-electron chi connectivity index (χ0n) is 14.6. The van der Waals surface area contributed by atoms with E-state index in [1.54, 1.807) is 22.9 Å². The molecule has 5 heteroatoms. The van der Waals surface area contributed by atoms with Gasteiger partial charge in [-0.3, -0.25) is 14.3 Å². The number of nitrogens with zero attached hydrogens (tertiary/aromatic N) is 2. The van der Waals surface area contributed by atoms with E-state index in [1.807, 2.05) is 54.6 Å². The maximum Gasteiger partial charge on any atom is 0.258 e. The summed E-state index contributed by atoms with van der Waals surface area (Å²) >= 11 is 0. The molecule has 134 valence electrons. The Kier molecular flexibility index (Phi) is 4.68. The van der Waals surface area contributed by atoms with E-state index in [9.17, 15) is 9.90 Å². The molecule has 1 N–H and O–H groups in total. The summed E-state index contributed by atoms with van der Waals surface area (Å²) in [7, 11) is 0. The number of rotatable bonds is 5. The number of pyridine rings is 2. The molecular formula is C22H18N2O3. The predicted molar refractivity (Wildman–Crippen MR) is 104 cm³/mol. The van der Waals surface area contributed by atoms with Crippen LogP contribution in [0.5, 0.6) is 5.75 Å². The third kappa shape index (κ3) is 3.73. The van der Waals surface area contributed by atoms with Gasteiger partial charge in [0.15, 0.2) is 0 Å². The zero-order chi connectivity index (χ0) is 18.6. The second-order valence-electron chi connectivity index (χ2n) is 6.18. The van der Waals surface area contributed by atoms with E-state index in [-0.39, 0.29) is 12.2 Å². The van der Waals surface area contributed by atoms with Crippen molar-refractivity contribution in [2.75, 3.05) is 0 Å². The minimum atomic E-state index is -0.167. The van der Waals surface area contributed by atoms with Gasteiger partial charge in [0, 0.05) is 23.3 Å². The van der Waals surface area contributed by atoms with Gasteiger partial charge in [0.1, 0.15) is 12.4 Å². The quantitative estimate of drug-likeness (QED) is 0.593. The molecule has 0 spiro atoms. The third-order valence-electron chi connectivity index (χ3n) is 4.31. The molecule has 0 fully saturated rings. The zero-order valence-corrected chi connectivity index (χ0v) is 14.6. The van der Waals surface area contributed by atoms with Crippen LogP contribution in [-0.4, -0.2) is 14.7 Å². The SMILES string of the molecule is O=c1cc(OCc2ccccc2)ccn1-c1ccc2nc(CO)ccc2c1. The van der Waals surface area contributed by atoms with Gasteiger partial charge in [-0.15, -0.1) is 0 Å². The summed E-state index contributed by atoms with van der Waals surface area (Å²) in [4.78, 5) is 16.9. The van der Waals surface area contributed by atoms with Gasteiger partial charge in [-0.25, -0.2) is 0 Å². The fourth-order valence-electron chi connectivity index (χ4n) is 2.90. The summed E-state index contributed by atoms with van der Waals surface area (Å²) in [5.74, 6) is 0.537. The molecule has 0 aliphatic carbocycles. The highest BCUT2D eigenvalue weighted by Crippen LogP contribution is 2.18. The summed E-state index contributed by atoms with van der Waals surface area (Å²) in [5, 5.41) is 10.1. The molecule has 0 amide bonds. The number of benzene rings is 2. The molecule has 0 aliphatic heterocycles. The highest BCUT2D eigenvalue weighted by atomic mass is 16.5. The molecule has 0 radical (unpaired) electrons. The van der Waals surface area contributed by atoms with E-state index in [1.165, 1.54) is 6.07 Å². The minimum absolute atomic E-state index is 0.0956. The van der Waals surface area contributed by atoms with Crippen LogP contribution in [0.3, 0.4) is 0 Å². The normalized spacial score (nSPS) is 10.9. The lowest BCUT2D eigenvalue weighted by atomic mass is 10.2. The molecular weight excluding hydrogens is 340 g/mol. The van der Waals surface area contributed by atoms with Crippen molar-refractivity contribution in [2.45, 2.75) is 13.2 Å². The number of aliphatic hydroxyl groups excluding tert-OH is 1. The van der Waals surface area contributed by atoms with Crippen molar-refractivity contribution in [2.24, 2.45) is 0 Å². The summed E-state index contributed by atoms with van der Waals surface area (Å²) in [6, 6.07) is 22.3. The molecule has 0 saturated heterocycles. The first-order chi connectivity index (χ1) is 13.2. The molecule has 4 rings (SSSR count). The number of hydrogen-bond donors (Lipinski definition) is 1. The molecule has 2 heterocycles. The van der Waals surface area contributed by atoms with Gasteiger partial charge in [-0.2, -0.15) is 0 Å². The van der Waals surface area contributed by atoms with Crippen molar-refractivity contribution < 1.29 is 9.84 Å². The molecule has 0 aliphatic rings. The summed E-state index contributed by atoms with van der Waals surface area (Å²) < 4.78 is 7.28. The average molecular weight is 358 g/mol. The highest BCUT2D eigenvalue weighted by molar-refractivity contribution is 5.81. The fraction of sp³-hybridized carbons (Fsp3) is 0.0909. The van der Waals surface area contributed by atoms with E-state index >= 15 is 0 Å². The third-order valence-corrected chi connectivity index (χ3v) is 4.31. The Balaban J connectivity index is 1.58. The molecule has 2 aromatic carbocycles. The van der Waals surface area contributed by atoms with Gasteiger partial charge in [0.2, 0.25) is 0 Å². The monoisotopic (exact) mass is 358 g/mol. The molecule has 27 heavy (non-hydrogen) atoms. The number of aliphatic hydroxyl groups is 1. The van der Waals surface area contributed by atoms with Crippen LogP contribution in [0.25, 0.3) is 16.6 Å². The second-order valence-corrected chi connectivity index (χ2v) is 6.18. The van der Waals surface area contributed by atoms with Gasteiger partial charge in [0.25, 0.3) is 5.56 Å². The molecule has 2 aromatic heterocycles.